The van der Waals surface area contributed by atoms with Crippen LogP contribution < -0.4 is 4.90 Å². The molecule has 3 rings (SSSR count). The second-order valence-corrected chi connectivity index (χ2v) is 4.77. The zero-order valence-corrected chi connectivity index (χ0v) is 10.2. The fraction of sp³-hybridized carbons (Fsp3) is 0.250. The van der Waals surface area contributed by atoms with Gasteiger partial charge < -0.3 is 9.32 Å². The Labute approximate surface area is 101 Å². The molecule has 1 aromatic carbocycles. The number of carbonyl (C=O) groups is 1. The summed E-state index contributed by atoms with van der Waals surface area (Å²) < 4.78 is 6.24. The summed E-state index contributed by atoms with van der Waals surface area (Å²) in [5.41, 5.74) is 1.78. The monoisotopic (exact) mass is 279 g/mol. The van der Waals surface area contributed by atoms with E-state index in [1.165, 1.54) is 0 Å². The van der Waals surface area contributed by atoms with E-state index in [0.29, 0.717) is 6.42 Å². The summed E-state index contributed by atoms with van der Waals surface area (Å²) in [7, 11) is 0. The van der Waals surface area contributed by atoms with Crippen LogP contribution in [0, 0.1) is 0 Å². The smallest absolute Gasteiger partial charge is 0.227 e. The van der Waals surface area contributed by atoms with Crippen molar-refractivity contribution in [3.8, 4) is 0 Å². The van der Waals surface area contributed by atoms with Crippen LogP contribution in [0.25, 0.3) is 11.0 Å². The Bertz CT molecular complexity index is 561. The van der Waals surface area contributed by atoms with Crippen molar-refractivity contribution in [3.63, 3.8) is 0 Å². The highest BCUT2D eigenvalue weighted by Gasteiger charge is 2.22. The first-order valence-electron chi connectivity index (χ1n) is 5.23. The molecule has 0 atom stereocenters. The molecule has 1 fully saturated rings. The van der Waals surface area contributed by atoms with E-state index in [0.717, 1.165) is 34.1 Å². The van der Waals surface area contributed by atoms with Gasteiger partial charge in [-0.2, -0.15) is 0 Å². The Morgan fingerprint density at radius 2 is 2.25 bits per heavy atom. The van der Waals surface area contributed by atoms with E-state index in [4.69, 9.17) is 4.42 Å². The lowest BCUT2D eigenvalue weighted by Crippen LogP contribution is -2.23. The molecule has 0 bridgehead atoms. The number of fused-ring (bicyclic) bond motifs is 1. The van der Waals surface area contributed by atoms with Gasteiger partial charge in [-0.05, 0) is 40.5 Å². The summed E-state index contributed by atoms with van der Waals surface area (Å²) >= 11 is 3.46. The number of halogens is 1. The van der Waals surface area contributed by atoms with Gasteiger partial charge in [0.2, 0.25) is 5.91 Å². The molecule has 16 heavy (non-hydrogen) atoms. The minimum absolute atomic E-state index is 0.203. The van der Waals surface area contributed by atoms with Crippen molar-refractivity contribution in [1.29, 1.82) is 0 Å². The molecule has 0 spiro atoms. The van der Waals surface area contributed by atoms with Crippen LogP contribution in [0.4, 0.5) is 5.69 Å². The second kappa shape index (κ2) is 3.63. The molecule has 2 aromatic rings. The van der Waals surface area contributed by atoms with E-state index >= 15 is 0 Å². The van der Waals surface area contributed by atoms with Crippen molar-refractivity contribution in [2.75, 3.05) is 11.4 Å². The van der Waals surface area contributed by atoms with E-state index in [-0.39, 0.29) is 5.91 Å². The lowest BCUT2D eigenvalue weighted by molar-refractivity contribution is -0.117. The molecule has 2 heterocycles. The summed E-state index contributed by atoms with van der Waals surface area (Å²) in [4.78, 5) is 13.5. The quantitative estimate of drug-likeness (QED) is 0.802. The molecule has 3 nitrogen and oxygen atoms in total. The first-order chi connectivity index (χ1) is 7.75. The van der Waals surface area contributed by atoms with Gasteiger partial charge in [-0.25, -0.2) is 0 Å². The van der Waals surface area contributed by atoms with E-state index in [9.17, 15) is 4.79 Å². The topological polar surface area (TPSA) is 33.5 Å². The predicted molar refractivity (Wildman–Crippen MR) is 65.5 cm³/mol. The van der Waals surface area contributed by atoms with Crippen LogP contribution in [0.15, 0.2) is 33.4 Å². The summed E-state index contributed by atoms with van der Waals surface area (Å²) in [5, 5.41) is 1.02. The van der Waals surface area contributed by atoms with Crippen LogP contribution in [-0.4, -0.2) is 12.5 Å². The number of hydrogen-bond donors (Lipinski definition) is 0. The minimum Gasteiger partial charge on any atom is -0.463 e. The van der Waals surface area contributed by atoms with Gasteiger partial charge in [0, 0.05) is 24.0 Å². The van der Waals surface area contributed by atoms with Gasteiger partial charge >= 0.3 is 0 Å². The van der Waals surface area contributed by atoms with Crippen LogP contribution >= 0.6 is 15.9 Å². The molecule has 0 N–H and O–H groups in total. The summed E-state index contributed by atoms with van der Waals surface area (Å²) in [6.45, 7) is 0.814. The van der Waals surface area contributed by atoms with E-state index < -0.39 is 0 Å². The van der Waals surface area contributed by atoms with E-state index in [1.54, 1.807) is 6.26 Å². The maximum Gasteiger partial charge on any atom is 0.227 e. The van der Waals surface area contributed by atoms with Gasteiger partial charge in [0.15, 0.2) is 0 Å². The van der Waals surface area contributed by atoms with Gasteiger partial charge in [-0.15, -0.1) is 0 Å². The Kier molecular flexibility index (Phi) is 2.24. The molecule has 0 unspecified atom stereocenters. The summed E-state index contributed by atoms with van der Waals surface area (Å²) in [6, 6.07) is 5.84. The molecule has 0 saturated carbocycles. The molecule has 0 radical (unpaired) electrons. The number of rotatable bonds is 1. The number of carbonyl (C=O) groups excluding carboxylic acids is 1. The van der Waals surface area contributed by atoms with Crippen molar-refractivity contribution < 1.29 is 9.21 Å². The molecule has 82 valence electrons. The zero-order chi connectivity index (χ0) is 11.1. The zero-order valence-electron chi connectivity index (χ0n) is 8.57. The maximum absolute atomic E-state index is 11.6. The van der Waals surface area contributed by atoms with Crippen molar-refractivity contribution in [2.24, 2.45) is 0 Å². The number of nitrogens with zero attached hydrogens (tertiary/aromatic N) is 1. The van der Waals surface area contributed by atoms with Gasteiger partial charge in [0.25, 0.3) is 0 Å². The van der Waals surface area contributed by atoms with Gasteiger partial charge in [0.1, 0.15) is 5.58 Å². The molecule has 4 heteroatoms. The SMILES string of the molecule is O=C1CCCN1c1cc(Br)c2occc2c1. The van der Waals surface area contributed by atoms with Crippen molar-refractivity contribution in [1.82, 2.24) is 0 Å². The Balaban J connectivity index is 2.13. The van der Waals surface area contributed by atoms with E-state index in [2.05, 4.69) is 15.9 Å². The fourth-order valence-corrected chi connectivity index (χ4v) is 2.66. The lowest BCUT2D eigenvalue weighted by Gasteiger charge is -2.15. The molecule has 0 aliphatic carbocycles. The van der Waals surface area contributed by atoms with Crippen LogP contribution in [0.5, 0.6) is 0 Å². The number of amides is 1. The molecule has 1 amide bonds. The number of furan rings is 1. The van der Waals surface area contributed by atoms with Crippen molar-refractivity contribution >= 4 is 38.5 Å². The highest BCUT2D eigenvalue weighted by molar-refractivity contribution is 9.10. The lowest BCUT2D eigenvalue weighted by atomic mass is 10.2. The van der Waals surface area contributed by atoms with Crippen LogP contribution in [0.1, 0.15) is 12.8 Å². The Morgan fingerprint density at radius 1 is 1.38 bits per heavy atom. The Hall–Kier alpha value is -1.29. The highest BCUT2D eigenvalue weighted by atomic mass is 79.9. The maximum atomic E-state index is 11.6. The largest absolute Gasteiger partial charge is 0.463 e. The average Bonchev–Trinajstić information content (AvgIpc) is 2.85. The van der Waals surface area contributed by atoms with Crippen LogP contribution in [-0.2, 0) is 4.79 Å². The minimum atomic E-state index is 0.203. The van der Waals surface area contributed by atoms with Crippen molar-refractivity contribution in [2.45, 2.75) is 12.8 Å². The molecule has 1 saturated heterocycles. The van der Waals surface area contributed by atoms with Crippen LogP contribution in [0.2, 0.25) is 0 Å². The van der Waals surface area contributed by atoms with Crippen LogP contribution in [0.3, 0.4) is 0 Å². The third-order valence-corrected chi connectivity index (χ3v) is 3.46. The normalized spacial score (nSPS) is 16.3. The second-order valence-electron chi connectivity index (χ2n) is 3.92. The third kappa shape index (κ3) is 1.45. The molecular formula is C12H10BrNO2. The molecule has 1 aliphatic rings. The average molecular weight is 280 g/mol. The highest BCUT2D eigenvalue weighted by Crippen LogP contribution is 2.32. The summed E-state index contributed by atoms with van der Waals surface area (Å²) in [6.07, 6.45) is 3.26. The Morgan fingerprint density at radius 3 is 3.00 bits per heavy atom. The fourth-order valence-electron chi connectivity index (χ4n) is 2.10. The van der Waals surface area contributed by atoms with E-state index in [1.807, 2.05) is 23.1 Å². The van der Waals surface area contributed by atoms with Crippen molar-refractivity contribution in [3.05, 3.63) is 28.9 Å². The third-order valence-electron chi connectivity index (χ3n) is 2.88. The van der Waals surface area contributed by atoms with Gasteiger partial charge in [0.05, 0.1) is 10.7 Å². The predicted octanol–water partition coefficient (Wildman–Crippen LogP) is 3.32. The first-order valence-corrected chi connectivity index (χ1v) is 6.02. The standard InChI is InChI=1S/C12H10BrNO2/c13-10-7-9(14-4-1-2-11(14)15)6-8-3-5-16-12(8)10/h3,5-7H,1-2,4H2. The van der Waals surface area contributed by atoms with Gasteiger partial charge in [-0.3, -0.25) is 4.79 Å². The molecule has 1 aromatic heterocycles. The number of hydrogen-bond acceptors (Lipinski definition) is 2. The summed E-state index contributed by atoms with van der Waals surface area (Å²) in [5.74, 6) is 0.203. The number of benzene rings is 1. The first kappa shape index (κ1) is 9.90. The van der Waals surface area contributed by atoms with Gasteiger partial charge in [-0.1, -0.05) is 0 Å². The molecule has 1 aliphatic heterocycles. The number of anilines is 1. The molecular weight excluding hydrogens is 270 g/mol.